The van der Waals surface area contributed by atoms with Gasteiger partial charge < -0.3 is 15.0 Å². The minimum atomic E-state index is -0.252. The van der Waals surface area contributed by atoms with E-state index in [9.17, 15) is 4.79 Å². The number of anilines is 2. The Hall–Kier alpha value is -2.63. The summed E-state index contributed by atoms with van der Waals surface area (Å²) in [6.07, 6.45) is 5.60. The largest absolute Gasteiger partial charge is 0.493 e. The average Bonchev–Trinajstić information content (AvgIpc) is 3.10. The third-order valence-electron chi connectivity index (χ3n) is 3.66. The van der Waals surface area contributed by atoms with E-state index in [0.717, 1.165) is 18.9 Å². The summed E-state index contributed by atoms with van der Waals surface area (Å²) >= 11 is 0. The van der Waals surface area contributed by atoms with Crippen LogP contribution < -0.4 is 15.0 Å². The van der Waals surface area contributed by atoms with Crippen molar-refractivity contribution in [2.75, 3.05) is 30.4 Å². The van der Waals surface area contributed by atoms with Gasteiger partial charge in [-0.1, -0.05) is 0 Å². The average molecular weight is 298 g/mol. The molecule has 1 saturated heterocycles. The molecule has 0 saturated carbocycles. The smallest absolute Gasteiger partial charge is 0.258 e. The normalized spacial score (nSPS) is 14.0. The Labute approximate surface area is 129 Å². The van der Waals surface area contributed by atoms with Crippen molar-refractivity contribution in [2.24, 2.45) is 0 Å². The first kappa shape index (κ1) is 14.3. The molecule has 6 nitrogen and oxygen atoms in total. The van der Waals surface area contributed by atoms with E-state index in [-0.39, 0.29) is 5.91 Å². The summed E-state index contributed by atoms with van der Waals surface area (Å²) in [5, 5.41) is 2.74. The molecule has 6 heteroatoms. The highest BCUT2D eigenvalue weighted by atomic mass is 16.5. The van der Waals surface area contributed by atoms with Crippen LogP contribution in [0, 0.1) is 0 Å². The lowest BCUT2D eigenvalue weighted by Gasteiger charge is -2.16. The molecule has 1 fully saturated rings. The van der Waals surface area contributed by atoms with Crippen molar-refractivity contribution in [3.05, 3.63) is 42.2 Å². The highest BCUT2D eigenvalue weighted by Crippen LogP contribution is 2.21. The van der Waals surface area contributed by atoms with Crippen LogP contribution in [0.4, 0.5) is 11.6 Å². The molecule has 22 heavy (non-hydrogen) atoms. The van der Waals surface area contributed by atoms with Gasteiger partial charge in [-0.2, -0.15) is 0 Å². The molecule has 1 N–H and O–H groups in total. The van der Waals surface area contributed by atoms with E-state index in [1.54, 1.807) is 37.7 Å². The van der Waals surface area contributed by atoms with Crippen LogP contribution >= 0.6 is 0 Å². The molecule has 1 aliphatic heterocycles. The Bertz CT molecular complexity index is 651. The summed E-state index contributed by atoms with van der Waals surface area (Å²) in [5.41, 5.74) is 0.496. The summed E-state index contributed by atoms with van der Waals surface area (Å²) < 4.78 is 5.17. The molecule has 1 amide bonds. The van der Waals surface area contributed by atoms with E-state index in [1.807, 2.05) is 6.07 Å². The second kappa shape index (κ2) is 6.43. The quantitative estimate of drug-likeness (QED) is 0.938. The number of carbonyl (C=O) groups excluding carboxylic acids is 1. The number of carbonyl (C=O) groups is 1. The zero-order valence-electron chi connectivity index (χ0n) is 12.5. The lowest BCUT2D eigenvalue weighted by Crippen LogP contribution is -2.19. The number of aromatic nitrogens is 2. The maximum Gasteiger partial charge on any atom is 0.258 e. The van der Waals surface area contributed by atoms with E-state index >= 15 is 0 Å². The summed E-state index contributed by atoms with van der Waals surface area (Å²) in [4.78, 5) is 23.0. The number of methoxy groups -OCH3 is 1. The van der Waals surface area contributed by atoms with Crippen LogP contribution in [0.1, 0.15) is 23.2 Å². The number of rotatable bonds is 4. The molecular weight excluding hydrogens is 280 g/mol. The van der Waals surface area contributed by atoms with Gasteiger partial charge in [-0.15, -0.1) is 0 Å². The standard InChI is InChI=1S/C16H18N4O2/c1-22-13-5-4-8-17-15(13)19-16(21)12-6-7-14(18-11-12)20-9-2-3-10-20/h4-8,11H,2-3,9-10H2,1H3,(H,17,19,21). The maximum atomic E-state index is 12.3. The Kier molecular flexibility index (Phi) is 4.18. The minimum absolute atomic E-state index is 0.252. The fourth-order valence-corrected chi connectivity index (χ4v) is 2.48. The number of nitrogens with one attached hydrogen (secondary N) is 1. The fraction of sp³-hybridized carbons (Fsp3) is 0.312. The first-order valence-corrected chi connectivity index (χ1v) is 7.29. The van der Waals surface area contributed by atoms with Crippen molar-refractivity contribution in [3.8, 4) is 5.75 Å². The number of hydrogen-bond acceptors (Lipinski definition) is 5. The molecule has 0 unspecified atom stereocenters. The summed E-state index contributed by atoms with van der Waals surface area (Å²) in [7, 11) is 1.54. The highest BCUT2D eigenvalue weighted by molar-refractivity contribution is 6.04. The van der Waals surface area contributed by atoms with Gasteiger partial charge in [-0.25, -0.2) is 9.97 Å². The van der Waals surface area contributed by atoms with Crippen molar-refractivity contribution in [2.45, 2.75) is 12.8 Å². The number of ether oxygens (including phenoxy) is 1. The molecular formula is C16H18N4O2. The Balaban J connectivity index is 1.72. The van der Waals surface area contributed by atoms with Crippen molar-refractivity contribution in [3.63, 3.8) is 0 Å². The van der Waals surface area contributed by atoms with Gasteiger partial charge in [-0.3, -0.25) is 4.79 Å². The molecule has 0 aromatic carbocycles. The predicted molar refractivity (Wildman–Crippen MR) is 84.4 cm³/mol. The molecule has 3 rings (SSSR count). The van der Waals surface area contributed by atoms with Crippen LogP contribution in [0.3, 0.4) is 0 Å². The Morgan fingerprint density at radius 3 is 2.73 bits per heavy atom. The van der Waals surface area contributed by atoms with E-state index in [4.69, 9.17) is 4.74 Å². The molecule has 2 aromatic heterocycles. The van der Waals surface area contributed by atoms with Gasteiger partial charge in [0, 0.05) is 25.5 Å². The maximum absolute atomic E-state index is 12.3. The minimum Gasteiger partial charge on any atom is -0.493 e. The van der Waals surface area contributed by atoms with E-state index in [1.165, 1.54) is 12.8 Å². The third kappa shape index (κ3) is 3.00. The lowest BCUT2D eigenvalue weighted by atomic mass is 10.2. The molecule has 0 bridgehead atoms. The van der Waals surface area contributed by atoms with Crippen molar-refractivity contribution in [1.82, 2.24) is 9.97 Å². The number of amides is 1. The molecule has 3 heterocycles. The van der Waals surface area contributed by atoms with Gasteiger partial charge in [0.1, 0.15) is 5.82 Å². The van der Waals surface area contributed by atoms with Crippen molar-refractivity contribution in [1.29, 1.82) is 0 Å². The Morgan fingerprint density at radius 1 is 1.23 bits per heavy atom. The van der Waals surface area contributed by atoms with Crippen LogP contribution in [0.25, 0.3) is 0 Å². The van der Waals surface area contributed by atoms with Gasteiger partial charge in [-0.05, 0) is 37.1 Å². The zero-order valence-corrected chi connectivity index (χ0v) is 12.5. The molecule has 0 spiro atoms. The molecule has 114 valence electrons. The summed E-state index contributed by atoms with van der Waals surface area (Å²) in [6, 6.07) is 7.17. The van der Waals surface area contributed by atoms with Gasteiger partial charge in [0.15, 0.2) is 11.6 Å². The van der Waals surface area contributed by atoms with E-state index in [2.05, 4.69) is 20.2 Å². The first-order chi connectivity index (χ1) is 10.8. The van der Waals surface area contributed by atoms with Crippen LogP contribution in [0.5, 0.6) is 5.75 Å². The SMILES string of the molecule is COc1cccnc1NC(=O)c1ccc(N2CCCC2)nc1. The predicted octanol–water partition coefficient (Wildman–Crippen LogP) is 2.34. The van der Waals surface area contributed by atoms with Crippen LogP contribution in [0.2, 0.25) is 0 Å². The first-order valence-electron chi connectivity index (χ1n) is 7.29. The second-order valence-corrected chi connectivity index (χ2v) is 5.11. The molecule has 0 atom stereocenters. The fourth-order valence-electron chi connectivity index (χ4n) is 2.48. The number of nitrogens with zero attached hydrogens (tertiary/aromatic N) is 3. The van der Waals surface area contributed by atoms with Crippen LogP contribution in [-0.2, 0) is 0 Å². The molecule has 0 radical (unpaired) electrons. The summed E-state index contributed by atoms with van der Waals surface area (Å²) in [5.74, 6) is 1.60. The van der Waals surface area contributed by atoms with E-state index < -0.39 is 0 Å². The topological polar surface area (TPSA) is 67.3 Å². The van der Waals surface area contributed by atoms with Crippen LogP contribution in [-0.4, -0.2) is 36.1 Å². The summed E-state index contributed by atoms with van der Waals surface area (Å²) in [6.45, 7) is 2.06. The highest BCUT2D eigenvalue weighted by Gasteiger charge is 2.15. The monoisotopic (exact) mass is 298 g/mol. The second-order valence-electron chi connectivity index (χ2n) is 5.11. The lowest BCUT2D eigenvalue weighted by molar-refractivity contribution is 0.102. The van der Waals surface area contributed by atoms with Gasteiger partial charge in [0.05, 0.1) is 12.7 Å². The molecule has 1 aliphatic rings. The number of hydrogen-bond donors (Lipinski definition) is 1. The Morgan fingerprint density at radius 2 is 2.05 bits per heavy atom. The molecule has 2 aromatic rings. The van der Waals surface area contributed by atoms with E-state index in [0.29, 0.717) is 17.1 Å². The van der Waals surface area contributed by atoms with Crippen molar-refractivity contribution >= 4 is 17.5 Å². The van der Waals surface area contributed by atoms with Crippen molar-refractivity contribution < 1.29 is 9.53 Å². The van der Waals surface area contributed by atoms with Gasteiger partial charge >= 0.3 is 0 Å². The third-order valence-corrected chi connectivity index (χ3v) is 3.66. The van der Waals surface area contributed by atoms with Gasteiger partial charge in [0.25, 0.3) is 5.91 Å². The zero-order chi connectivity index (χ0) is 15.4. The molecule has 0 aliphatic carbocycles. The number of pyridine rings is 2. The van der Waals surface area contributed by atoms with Gasteiger partial charge in [0.2, 0.25) is 0 Å². The van der Waals surface area contributed by atoms with Crippen LogP contribution in [0.15, 0.2) is 36.7 Å².